The largest absolute Gasteiger partial charge is 0.748 e. The number of fused-ring (bicyclic) bond motifs is 6. The fraction of sp³-hybridized carbons (Fsp3) is 0.293. The van der Waals surface area contributed by atoms with E-state index in [0.717, 1.165) is 57.5 Å². The Morgan fingerprint density at radius 3 is 1.93 bits per heavy atom. The zero-order chi connectivity index (χ0) is 47.1. The van der Waals surface area contributed by atoms with Gasteiger partial charge >= 0.3 is 0 Å². The molecule has 0 amide bonds. The number of rotatable bonds is 15. The summed E-state index contributed by atoms with van der Waals surface area (Å²) in [6.45, 7) is 13.2. The van der Waals surface area contributed by atoms with E-state index in [9.17, 15) is 13.0 Å². The summed E-state index contributed by atoms with van der Waals surface area (Å²) in [6, 6.07) is 43.6. The summed E-state index contributed by atoms with van der Waals surface area (Å²) in [5.41, 5.74) is 12.8. The normalized spacial score (nSPS) is 17.8. The molecule has 67 heavy (non-hydrogen) atoms. The molecule has 9 rings (SSSR count). The van der Waals surface area contributed by atoms with E-state index in [1.807, 2.05) is 0 Å². The Morgan fingerprint density at radius 2 is 1.30 bits per heavy atom. The number of unbranched alkanes of at least 4 members (excludes halogenated alkanes) is 3. The number of halogens is 2. The minimum absolute atomic E-state index is 0.229. The Morgan fingerprint density at radius 1 is 0.687 bits per heavy atom. The van der Waals surface area contributed by atoms with Gasteiger partial charge in [-0.05, 0) is 151 Å². The highest BCUT2D eigenvalue weighted by Gasteiger charge is 2.46. The van der Waals surface area contributed by atoms with Crippen LogP contribution < -0.4 is 9.80 Å². The summed E-state index contributed by atoms with van der Waals surface area (Å²) in [5.74, 6) is -0.361. The number of anilines is 3. The number of allylic oxidation sites excluding steroid dienone is 7. The predicted molar refractivity (Wildman–Crippen MR) is 286 cm³/mol. The summed E-state index contributed by atoms with van der Waals surface area (Å²) in [7, 11) is -4.30. The predicted octanol–water partition coefficient (Wildman–Crippen LogP) is 15.5. The van der Waals surface area contributed by atoms with E-state index in [2.05, 4.69) is 226 Å². The number of nitrogens with zero attached hydrogens (tertiary/aromatic N) is 3. The van der Waals surface area contributed by atoms with Crippen molar-refractivity contribution in [3.63, 3.8) is 0 Å². The fourth-order valence-electron chi connectivity index (χ4n) is 10.9. The summed E-state index contributed by atoms with van der Waals surface area (Å²) in [6.07, 6.45) is 15.6. The van der Waals surface area contributed by atoms with Crippen LogP contribution in [0, 0.1) is 0 Å². The van der Waals surface area contributed by atoms with Gasteiger partial charge in [0.25, 0.3) is 0 Å². The van der Waals surface area contributed by atoms with E-state index in [0.29, 0.717) is 19.4 Å². The van der Waals surface area contributed by atoms with Gasteiger partial charge < -0.3 is 14.4 Å². The highest BCUT2D eigenvalue weighted by molar-refractivity contribution is 9.10. The maximum Gasteiger partial charge on any atom is 0.210 e. The Bertz CT molecular complexity index is 3100. The van der Waals surface area contributed by atoms with E-state index < -0.39 is 10.1 Å². The van der Waals surface area contributed by atoms with Crippen molar-refractivity contribution in [2.24, 2.45) is 0 Å². The Balaban J connectivity index is 1.21. The molecule has 6 aromatic rings. The second-order valence-electron chi connectivity index (χ2n) is 19.2. The molecular weight excluding hydrogens is 979 g/mol. The molecule has 3 aliphatic rings. The van der Waals surface area contributed by atoms with Crippen molar-refractivity contribution in [1.82, 2.24) is 0 Å². The van der Waals surface area contributed by atoms with Crippen molar-refractivity contribution >= 4 is 92.0 Å². The van der Waals surface area contributed by atoms with Gasteiger partial charge in [-0.1, -0.05) is 126 Å². The Hall–Kier alpha value is -5.06. The van der Waals surface area contributed by atoms with Gasteiger partial charge in [-0.2, -0.15) is 4.58 Å². The molecule has 2 heterocycles. The van der Waals surface area contributed by atoms with Gasteiger partial charge in [-0.25, -0.2) is 8.42 Å². The van der Waals surface area contributed by atoms with Crippen LogP contribution in [0.1, 0.15) is 90.7 Å². The van der Waals surface area contributed by atoms with E-state index in [1.54, 1.807) is 0 Å². The summed E-state index contributed by atoms with van der Waals surface area (Å²) < 4.78 is 39.6. The first-order valence-corrected chi connectivity index (χ1v) is 26.9. The molecular formula is C58H59Br2N3O3S. The van der Waals surface area contributed by atoms with Crippen molar-refractivity contribution in [2.75, 3.05) is 28.6 Å². The number of benzene rings is 6. The Labute approximate surface area is 414 Å². The van der Waals surface area contributed by atoms with Gasteiger partial charge in [-0.3, -0.25) is 0 Å². The second kappa shape index (κ2) is 19.1. The van der Waals surface area contributed by atoms with Crippen molar-refractivity contribution in [2.45, 2.75) is 90.4 Å². The third-order valence-electron chi connectivity index (χ3n) is 14.1. The standard InChI is InChI=1S/C58H59Br2N3O3S/c1-6-7-12-37-61-50-33-21-40-15-8-10-17-48(40)54(50)57(2,3)52(61)35-23-42-19-20-43(56(42)63(46-29-25-44(59)26-30-46)47-31-27-45(60)28-32-47)24-36-53-58(4,5)55-49-18-11-9-16-41(49)22-34-51(55)62(53)38-13-14-39-67(64,65)66/h8-11,15-18,21-36H,6-7,12-14,19-20,37-39H2,1-5H3. The third kappa shape index (κ3) is 9.29. The van der Waals surface area contributed by atoms with Gasteiger partial charge in [-0.15, -0.1) is 0 Å². The molecule has 0 radical (unpaired) electrons. The molecule has 6 aromatic carbocycles. The molecule has 0 bridgehead atoms. The fourth-order valence-corrected chi connectivity index (χ4v) is 12.0. The van der Waals surface area contributed by atoms with Crippen LogP contribution in [0.2, 0.25) is 0 Å². The van der Waals surface area contributed by atoms with Gasteiger partial charge in [0.15, 0.2) is 5.71 Å². The molecule has 1 aliphatic carbocycles. The van der Waals surface area contributed by atoms with Gasteiger partial charge in [0.1, 0.15) is 6.54 Å². The summed E-state index contributed by atoms with van der Waals surface area (Å²) >= 11 is 7.42. The molecule has 0 saturated carbocycles. The molecule has 2 aliphatic heterocycles. The molecule has 0 saturated heterocycles. The maximum atomic E-state index is 11.7. The molecule has 0 spiro atoms. The monoisotopic (exact) mass is 1040 g/mol. The zero-order valence-electron chi connectivity index (χ0n) is 39.2. The lowest BCUT2D eigenvalue weighted by atomic mass is 9.79. The van der Waals surface area contributed by atoms with Crippen molar-refractivity contribution in [3.8, 4) is 0 Å². The highest BCUT2D eigenvalue weighted by Crippen LogP contribution is 2.52. The van der Waals surface area contributed by atoms with Gasteiger partial charge in [0.2, 0.25) is 5.69 Å². The van der Waals surface area contributed by atoms with E-state index >= 15 is 0 Å². The van der Waals surface area contributed by atoms with Crippen LogP contribution in [0.3, 0.4) is 0 Å². The molecule has 344 valence electrons. The molecule has 0 N–H and O–H groups in total. The van der Waals surface area contributed by atoms with E-state index in [4.69, 9.17) is 0 Å². The summed E-state index contributed by atoms with van der Waals surface area (Å²) in [4.78, 5) is 4.79. The molecule has 0 atom stereocenters. The van der Waals surface area contributed by atoms with Crippen LogP contribution in [-0.2, 0) is 20.9 Å². The van der Waals surface area contributed by atoms with Crippen LogP contribution in [-0.4, -0.2) is 42.1 Å². The lowest BCUT2D eigenvalue weighted by molar-refractivity contribution is -0.438. The maximum absolute atomic E-state index is 11.7. The highest BCUT2D eigenvalue weighted by atomic mass is 79.9. The first-order chi connectivity index (χ1) is 32.2. The molecule has 9 heteroatoms. The average molecular weight is 1040 g/mol. The van der Waals surface area contributed by atoms with Crippen molar-refractivity contribution in [3.05, 3.63) is 188 Å². The first-order valence-electron chi connectivity index (χ1n) is 23.7. The lowest BCUT2D eigenvalue weighted by Crippen LogP contribution is -2.28. The minimum Gasteiger partial charge on any atom is -0.748 e. The van der Waals surface area contributed by atoms with Gasteiger partial charge in [0.05, 0.1) is 21.2 Å². The second-order valence-corrected chi connectivity index (χ2v) is 22.6. The average Bonchev–Trinajstić information content (AvgIpc) is 3.88. The van der Waals surface area contributed by atoms with Crippen LogP contribution in [0.5, 0.6) is 0 Å². The number of hydrogen-bond donors (Lipinski definition) is 0. The number of hydrogen-bond acceptors (Lipinski definition) is 5. The smallest absolute Gasteiger partial charge is 0.210 e. The van der Waals surface area contributed by atoms with Crippen molar-refractivity contribution in [1.29, 1.82) is 0 Å². The van der Waals surface area contributed by atoms with Gasteiger partial charge in [0, 0.05) is 73.5 Å². The molecule has 0 fully saturated rings. The topological polar surface area (TPSA) is 66.7 Å². The van der Waals surface area contributed by atoms with E-state index in [-0.39, 0.29) is 16.6 Å². The van der Waals surface area contributed by atoms with Crippen LogP contribution in [0.25, 0.3) is 21.5 Å². The van der Waals surface area contributed by atoms with E-state index in [1.165, 1.54) is 73.8 Å². The Kier molecular flexibility index (Phi) is 13.4. The third-order valence-corrected chi connectivity index (χ3v) is 15.9. The van der Waals surface area contributed by atoms with Crippen LogP contribution in [0.15, 0.2) is 177 Å². The first kappa shape index (κ1) is 47.0. The lowest BCUT2D eigenvalue weighted by Gasteiger charge is -2.29. The quantitative estimate of drug-likeness (QED) is 0.0582. The van der Waals surface area contributed by atoms with Crippen molar-refractivity contribution < 1.29 is 17.5 Å². The minimum atomic E-state index is -4.30. The molecule has 0 aromatic heterocycles. The molecule has 0 unspecified atom stereocenters. The summed E-state index contributed by atoms with van der Waals surface area (Å²) in [5, 5.41) is 4.99. The SMILES string of the molecule is CCCCC[N+]1=C(/C=C/C2=C(N(c3ccc(Br)cc3)c3ccc(Br)cc3)C(=C/C=C3/N(CCCCS(=O)(=O)[O-])c4ccc5ccccc5c4C3(C)C)/CC2)C(C)(C)c2c1ccc1ccccc21. The van der Waals surface area contributed by atoms with Crippen LogP contribution >= 0.6 is 31.9 Å². The van der Waals surface area contributed by atoms with Crippen LogP contribution in [0.4, 0.5) is 22.7 Å². The molecule has 6 nitrogen and oxygen atoms in total. The zero-order valence-corrected chi connectivity index (χ0v) is 43.1.